The zero-order chi connectivity index (χ0) is 6.69. The Morgan fingerprint density at radius 1 is 1.44 bits per heavy atom. The van der Waals surface area contributed by atoms with Crippen LogP contribution in [0, 0.1) is 5.92 Å². The molecular formula is C8H16S. The highest BCUT2D eigenvalue weighted by Gasteiger charge is 2.28. The largest absolute Gasteiger partial charge is 0.158 e. The lowest BCUT2D eigenvalue weighted by molar-refractivity contribution is 0.481. The van der Waals surface area contributed by atoms with Crippen LogP contribution >= 0.6 is 11.8 Å². The highest BCUT2D eigenvalue weighted by Crippen LogP contribution is 2.39. The van der Waals surface area contributed by atoms with Crippen LogP contribution in [0.2, 0.25) is 0 Å². The van der Waals surface area contributed by atoms with Crippen molar-refractivity contribution in [2.75, 3.05) is 5.75 Å². The van der Waals surface area contributed by atoms with E-state index < -0.39 is 0 Å². The molecule has 9 heavy (non-hydrogen) atoms. The molecule has 0 aromatic rings. The molecule has 0 aliphatic carbocycles. The molecule has 1 aliphatic rings. The molecule has 54 valence electrons. The van der Waals surface area contributed by atoms with Crippen molar-refractivity contribution in [3.8, 4) is 0 Å². The molecule has 0 nitrogen and oxygen atoms in total. The molecule has 0 aromatic carbocycles. The van der Waals surface area contributed by atoms with Crippen LogP contribution in [-0.4, -0.2) is 11.0 Å². The van der Waals surface area contributed by atoms with Crippen LogP contribution in [0.5, 0.6) is 0 Å². The predicted octanol–water partition coefficient (Wildman–Crippen LogP) is 2.93. The maximum atomic E-state index is 2.31. The molecule has 1 aliphatic heterocycles. The molecule has 1 rings (SSSR count). The highest BCUT2D eigenvalue weighted by molar-refractivity contribution is 8.01. The molecule has 0 aromatic heterocycles. The number of thioether (sulfide) groups is 1. The van der Waals surface area contributed by atoms with Crippen LogP contribution in [0.4, 0.5) is 0 Å². The lowest BCUT2D eigenvalue weighted by Crippen LogP contribution is -2.29. The van der Waals surface area contributed by atoms with Crippen LogP contribution in [0.3, 0.4) is 0 Å². The number of hydrogen-bond acceptors (Lipinski definition) is 1. The molecule has 0 spiro atoms. The first-order valence-electron chi connectivity index (χ1n) is 4.00. The van der Waals surface area contributed by atoms with Gasteiger partial charge < -0.3 is 0 Å². The van der Waals surface area contributed by atoms with Gasteiger partial charge in [-0.3, -0.25) is 0 Å². The summed E-state index contributed by atoms with van der Waals surface area (Å²) in [6, 6.07) is 0. The van der Waals surface area contributed by atoms with Gasteiger partial charge in [0, 0.05) is 5.25 Å². The van der Waals surface area contributed by atoms with Gasteiger partial charge in [0.15, 0.2) is 0 Å². The van der Waals surface area contributed by atoms with Gasteiger partial charge >= 0.3 is 0 Å². The monoisotopic (exact) mass is 144 g/mol. The van der Waals surface area contributed by atoms with Gasteiger partial charge in [-0.25, -0.2) is 0 Å². The summed E-state index contributed by atoms with van der Waals surface area (Å²) >= 11 is 2.16. The summed E-state index contributed by atoms with van der Waals surface area (Å²) in [5.74, 6) is 2.50. The van der Waals surface area contributed by atoms with E-state index in [9.17, 15) is 0 Å². The van der Waals surface area contributed by atoms with E-state index in [1.165, 1.54) is 25.0 Å². The Morgan fingerprint density at radius 2 is 2.22 bits per heavy atom. The van der Waals surface area contributed by atoms with Crippen LogP contribution < -0.4 is 0 Å². The molecule has 0 radical (unpaired) electrons. The van der Waals surface area contributed by atoms with E-state index in [2.05, 4.69) is 25.6 Å². The maximum absolute atomic E-state index is 2.31. The first kappa shape index (κ1) is 7.46. The van der Waals surface area contributed by atoms with Crippen molar-refractivity contribution in [3.05, 3.63) is 0 Å². The molecular weight excluding hydrogens is 128 g/mol. The number of hydrogen-bond donors (Lipinski definition) is 0. The van der Waals surface area contributed by atoms with Crippen molar-refractivity contribution in [2.45, 2.75) is 38.4 Å². The molecule has 1 fully saturated rings. The van der Waals surface area contributed by atoms with E-state index in [-0.39, 0.29) is 0 Å². The zero-order valence-electron chi connectivity index (χ0n) is 6.39. The first-order chi connectivity index (χ1) is 4.38. The van der Waals surface area contributed by atoms with Crippen molar-refractivity contribution in [1.29, 1.82) is 0 Å². The van der Waals surface area contributed by atoms with Gasteiger partial charge in [-0.1, -0.05) is 26.7 Å². The summed E-state index contributed by atoms with van der Waals surface area (Å²) in [5, 5.41) is 1.03. The van der Waals surface area contributed by atoms with E-state index >= 15 is 0 Å². The van der Waals surface area contributed by atoms with Gasteiger partial charge in [0.2, 0.25) is 0 Å². The minimum Gasteiger partial charge on any atom is -0.158 e. The van der Waals surface area contributed by atoms with Gasteiger partial charge in [-0.15, -0.1) is 0 Å². The second-order valence-corrected chi connectivity index (χ2v) is 4.10. The molecule has 1 heterocycles. The minimum atomic E-state index is 1.03. The average Bonchev–Trinajstić information content (AvgIpc) is 1.82. The summed E-state index contributed by atoms with van der Waals surface area (Å²) in [6.45, 7) is 4.60. The zero-order valence-corrected chi connectivity index (χ0v) is 7.21. The second-order valence-electron chi connectivity index (χ2n) is 2.83. The second kappa shape index (κ2) is 3.50. The Labute approximate surface area is 62.4 Å². The summed E-state index contributed by atoms with van der Waals surface area (Å²) in [7, 11) is 0. The van der Waals surface area contributed by atoms with Crippen molar-refractivity contribution in [3.63, 3.8) is 0 Å². The summed E-state index contributed by atoms with van der Waals surface area (Å²) in [4.78, 5) is 0. The van der Waals surface area contributed by atoms with Gasteiger partial charge in [-0.2, -0.15) is 11.8 Å². The average molecular weight is 144 g/mol. The topological polar surface area (TPSA) is 0 Å². The van der Waals surface area contributed by atoms with Gasteiger partial charge in [0.25, 0.3) is 0 Å². The van der Waals surface area contributed by atoms with Crippen molar-refractivity contribution in [1.82, 2.24) is 0 Å². The fraction of sp³-hybridized carbons (Fsp3) is 1.00. The Balaban J connectivity index is 2.11. The van der Waals surface area contributed by atoms with Crippen molar-refractivity contribution in [2.24, 2.45) is 5.92 Å². The van der Waals surface area contributed by atoms with Gasteiger partial charge in [0.1, 0.15) is 0 Å². The van der Waals surface area contributed by atoms with Crippen LogP contribution in [-0.2, 0) is 0 Å². The van der Waals surface area contributed by atoms with Crippen LogP contribution in [0.1, 0.15) is 33.1 Å². The molecule has 1 saturated heterocycles. The predicted molar refractivity (Wildman–Crippen MR) is 44.9 cm³/mol. The maximum Gasteiger partial charge on any atom is 0.00830 e. The van der Waals surface area contributed by atoms with E-state index in [1.54, 1.807) is 0 Å². The quantitative estimate of drug-likeness (QED) is 0.587. The standard InChI is InChI=1S/C8H16S/c1-3-5-8-7(4-2)6-9-8/h7-8H,3-6H2,1-2H3. The fourth-order valence-electron chi connectivity index (χ4n) is 1.35. The molecule has 0 saturated carbocycles. The normalized spacial score (nSPS) is 34.0. The minimum absolute atomic E-state index is 1.03. The van der Waals surface area contributed by atoms with Crippen molar-refractivity contribution < 1.29 is 0 Å². The lowest BCUT2D eigenvalue weighted by atomic mass is 10.00. The molecule has 0 bridgehead atoms. The Morgan fingerprint density at radius 3 is 2.56 bits per heavy atom. The van der Waals surface area contributed by atoms with Crippen molar-refractivity contribution >= 4 is 11.8 Å². The fourth-order valence-corrected chi connectivity index (χ4v) is 2.92. The van der Waals surface area contributed by atoms with Crippen LogP contribution in [0.15, 0.2) is 0 Å². The summed E-state index contributed by atoms with van der Waals surface area (Å²) < 4.78 is 0. The lowest BCUT2D eigenvalue weighted by Gasteiger charge is -2.35. The Bertz CT molecular complexity index is 78.6. The third-order valence-electron chi connectivity index (χ3n) is 2.15. The molecule has 0 amide bonds. The molecule has 0 N–H and O–H groups in total. The van der Waals surface area contributed by atoms with E-state index in [1.807, 2.05) is 0 Å². The van der Waals surface area contributed by atoms with E-state index in [0.717, 1.165) is 11.2 Å². The molecule has 1 heteroatoms. The Hall–Kier alpha value is 0.350. The SMILES string of the molecule is CCCC1SCC1CC. The van der Waals surface area contributed by atoms with Gasteiger partial charge in [-0.05, 0) is 18.1 Å². The smallest absolute Gasteiger partial charge is 0.00830 e. The summed E-state index contributed by atoms with van der Waals surface area (Å²) in [5.41, 5.74) is 0. The van der Waals surface area contributed by atoms with E-state index in [4.69, 9.17) is 0 Å². The number of rotatable bonds is 3. The Kier molecular flexibility index (Phi) is 2.90. The van der Waals surface area contributed by atoms with Crippen LogP contribution in [0.25, 0.3) is 0 Å². The van der Waals surface area contributed by atoms with E-state index in [0.29, 0.717) is 0 Å². The third kappa shape index (κ3) is 1.64. The van der Waals surface area contributed by atoms with Gasteiger partial charge in [0.05, 0.1) is 0 Å². The molecule has 2 atom stereocenters. The highest BCUT2D eigenvalue weighted by atomic mass is 32.2. The first-order valence-corrected chi connectivity index (χ1v) is 5.05. The molecule has 2 unspecified atom stereocenters. The third-order valence-corrected chi connectivity index (χ3v) is 3.82. The summed E-state index contributed by atoms with van der Waals surface area (Å²) in [6.07, 6.45) is 4.22.